The molecule has 0 N–H and O–H groups in total. The van der Waals surface area contributed by atoms with Crippen LogP contribution >= 0.6 is 0 Å². The molecular formula is C20H31NO. The summed E-state index contributed by atoms with van der Waals surface area (Å²) in [5, 5.41) is 0. The molecule has 2 heteroatoms. The second-order valence-electron chi connectivity index (χ2n) is 7.32. The summed E-state index contributed by atoms with van der Waals surface area (Å²) in [5.74, 6) is 0. The van der Waals surface area contributed by atoms with Crippen molar-refractivity contribution in [3.05, 3.63) is 34.9 Å². The molecular weight excluding hydrogens is 270 g/mol. The van der Waals surface area contributed by atoms with E-state index >= 15 is 0 Å². The summed E-state index contributed by atoms with van der Waals surface area (Å²) in [7, 11) is 0. The van der Waals surface area contributed by atoms with Gasteiger partial charge in [-0.05, 0) is 54.2 Å². The van der Waals surface area contributed by atoms with Crippen molar-refractivity contribution >= 4 is 0 Å². The number of hydrogen-bond acceptors (Lipinski definition) is 2. The highest BCUT2D eigenvalue weighted by molar-refractivity contribution is 5.37. The molecule has 2 nitrogen and oxygen atoms in total. The lowest BCUT2D eigenvalue weighted by Gasteiger charge is -2.38. The summed E-state index contributed by atoms with van der Waals surface area (Å²) < 4.78 is 5.51. The smallest absolute Gasteiger partial charge is 0.0480 e. The summed E-state index contributed by atoms with van der Waals surface area (Å²) >= 11 is 0. The largest absolute Gasteiger partial charge is 0.381 e. The minimum absolute atomic E-state index is 0.340. The van der Waals surface area contributed by atoms with Gasteiger partial charge in [0.05, 0.1) is 0 Å². The van der Waals surface area contributed by atoms with Gasteiger partial charge < -0.3 is 4.74 Å². The molecule has 2 aliphatic rings. The lowest BCUT2D eigenvalue weighted by atomic mass is 9.76. The van der Waals surface area contributed by atoms with Crippen LogP contribution in [0.3, 0.4) is 0 Å². The number of rotatable bonds is 4. The Balaban J connectivity index is 1.76. The quantitative estimate of drug-likeness (QED) is 0.822. The summed E-state index contributed by atoms with van der Waals surface area (Å²) in [6.45, 7) is 11.3. The van der Waals surface area contributed by atoms with E-state index in [0.29, 0.717) is 5.41 Å². The highest BCUT2D eigenvalue weighted by atomic mass is 16.5. The zero-order valence-electron chi connectivity index (χ0n) is 14.5. The highest BCUT2D eigenvalue weighted by Crippen LogP contribution is 2.34. The predicted molar refractivity (Wildman–Crippen MR) is 92.3 cm³/mol. The second-order valence-corrected chi connectivity index (χ2v) is 7.32. The second kappa shape index (κ2) is 6.72. The molecule has 0 amide bonds. The molecule has 0 atom stereocenters. The van der Waals surface area contributed by atoms with Crippen molar-refractivity contribution in [2.45, 2.75) is 70.9 Å². The van der Waals surface area contributed by atoms with Crippen LogP contribution in [0.25, 0.3) is 0 Å². The number of hydrogen-bond donors (Lipinski definition) is 0. The maximum absolute atomic E-state index is 5.51. The van der Waals surface area contributed by atoms with Crippen LogP contribution in [0.15, 0.2) is 18.2 Å². The molecule has 0 spiro atoms. The first-order valence-electron chi connectivity index (χ1n) is 9.10. The van der Waals surface area contributed by atoms with Crippen molar-refractivity contribution in [1.29, 1.82) is 0 Å². The van der Waals surface area contributed by atoms with Gasteiger partial charge in [-0.15, -0.1) is 0 Å². The SMILES string of the molecule is CCC(C)(CC)c1ccc2c(c1)CCN(C1CCOCC1)C2. The summed E-state index contributed by atoms with van der Waals surface area (Å²) in [5.41, 5.74) is 5.02. The van der Waals surface area contributed by atoms with Crippen molar-refractivity contribution in [2.24, 2.45) is 0 Å². The average molecular weight is 301 g/mol. The third-order valence-electron chi connectivity index (χ3n) is 6.21. The molecule has 2 aliphatic heterocycles. The normalized spacial score (nSPS) is 20.9. The molecule has 22 heavy (non-hydrogen) atoms. The van der Waals surface area contributed by atoms with Crippen LogP contribution in [0.4, 0.5) is 0 Å². The van der Waals surface area contributed by atoms with E-state index in [1.54, 1.807) is 11.1 Å². The Hall–Kier alpha value is -0.860. The van der Waals surface area contributed by atoms with Crippen molar-refractivity contribution in [3.63, 3.8) is 0 Å². The summed E-state index contributed by atoms with van der Waals surface area (Å²) in [4.78, 5) is 2.68. The van der Waals surface area contributed by atoms with Gasteiger partial charge in [0.25, 0.3) is 0 Å². The maximum atomic E-state index is 5.51. The third-order valence-corrected chi connectivity index (χ3v) is 6.21. The standard InChI is InChI=1S/C20H31NO/c1-4-20(3,5-2)18-7-6-17-15-21(11-8-16(17)14-18)19-9-12-22-13-10-19/h6-7,14,19H,4-5,8-13,15H2,1-3H3. The Labute approximate surface area is 135 Å². The van der Waals surface area contributed by atoms with Crippen LogP contribution in [-0.2, 0) is 23.1 Å². The first-order chi connectivity index (χ1) is 10.7. The monoisotopic (exact) mass is 301 g/mol. The van der Waals surface area contributed by atoms with E-state index in [1.807, 2.05) is 0 Å². The first kappa shape index (κ1) is 16.0. The van der Waals surface area contributed by atoms with Crippen molar-refractivity contribution < 1.29 is 4.74 Å². The molecule has 1 saturated heterocycles. The van der Waals surface area contributed by atoms with Crippen molar-refractivity contribution in [2.75, 3.05) is 19.8 Å². The summed E-state index contributed by atoms with van der Waals surface area (Å²) in [6.07, 6.45) is 6.06. The lowest BCUT2D eigenvalue weighted by Crippen LogP contribution is -2.42. The van der Waals surface area contributed by atoms with E-state index in [1.165, 1.54) is 44.2 Å². The molecule has 0 aromatic heterocycles. The molecule has 0 aliphatic carbocycles. The molecule has 0 saturated carbocycles. The minimum Gasteiger partial charge on any atom is -0.381 e. The Morgan fingerprint density at radius 2 is 1.86 bits per heavy atom. The zero-order chi connectivity index (χ0) is 15.6. The number of fused-ring (bicyclic) bond motifs is 1. The number of nitrogens with zero attached hydrogens (tertiary/aromatic N) is 1. The van der Waals surface area contributed by atoms with Crippen LogP contribution in [0.1, 0.15) is 63.1 Å². The molecule has 2 heterocycles. The van der Waals surface area contributed by atoms with E-state index in [2.05, 4.69) is 43.9 Å². The van der Waals surface area contributed by atoms with E-state index in [4.69, 9.17) is 4.74 Å². The van der Waals surface area contributed by atoms with Gasteiger partial charge in [-0.3, -0.25) is 4.90 Å². The fourth-order valence-electron chi connectivity index (χ4n) is 3.97. The molecule has 1 fully saturated rings. The van der Waals surface area contributed by atoms with E-state index in [0.717, 1.165) is 25.8 Å². The molecule has 3 rings (SSSR count). The Bertz CT molecular complexity index is 500. The third kappa shape index (κ3) is 3.09. The Morgan fingerprint density at radius 1 is 1.14 bits per heavy atom. The van der Waals surface area contributed by atoms with Crippen LogP contribution in [0, 0.1) is 0 Å². The number of benzene rings is 1. The van der Waals surface area contributed by atoms with Gasteiger partial charge in [0.1, 0.15) is 0 Å². The van der Waals surface area contributed by atoms with Gasteiger partial charge in [0, 0.05) is 32.3 Å². The van der Waals surface area contributed by atoms with Crippen LogP contribution < -0.4 is 0 Å². The summed E-state index contributed by atoms with van der Waals surface area (Å²) in [6, 6.07) is 8.03. The Kier molecular flexibility index (Phi) is 4.89. The van der Waals surface area contributed by atoms with E-state index < -0.39 is 0 Å². The first-order valence-corrected chi connectivity index (χ1v) is 9.10. The highest BCUT2D eigenvalue weighted by Gasteiger charge is 2.27. The maximum Gasteiger partial charge on any atom is 0.0480 e. The zero-order valence-corrected chi connectivity index (χ0v) is 14.5. The molecule has 122 valence electrons. The predicted octanol–water partition coefficient (Wildman–Crippen LogP) is 4.30. The number of ether oxygens (including phenoxy) is 1. The van der Waals surface area contributed by atoms with E-state index in [9.17, 15) is 0 Å². The van der Waals surface area contributed by atoms with Crippen molar-refractivity contribution in [3.8, 4) is 0 Å². The van der Waals surface area contributed by atoms with Gasteiger partial charge in [0.2, 0.25) is 0 Å². The minimum atomic E-state index is 0.340. The molecule has 1 aromatic carbocycles. The van der Waals surface area contributed by atoms with Gasteiger partial charge in [-0.2, -0.15) is 0 Å². The fraction of sp³-hybridized carbons (Fsp3) is 0.700. The van der Waals surface area contributed by atoms with Crippen LogP contribution in [-0.4, -0.2) is 30.7 Å². The molecule has 1 aromatic rings. The van der Waals surface area contributed by atoms with Gasteiger partial charge in [0.15, 0.2) is 0 Å². The fourth-order valence-corrected chi connectivity index (χ4v) is 3.97. The van der Waals surface area contributed by atoms with Crippen LogP contribution in [0.2, 0.25) is 0 Å². The van der Waals surface area contributed by atoms with Crippen LogP contribution in [0.5, 0.6) is 0 Å². The van der Waals surface area contributed by atoms with Gasteiger partial charge >= 0.3 is 0 Å². The molecule has 0 radical (unpaired) electrons. The van der Waals surface area contributed by atoms with Gasteiger partial charge in [-0.25, -0.2) is 0 Å². The Morgan fingerprint density at radius 3 is 2.55 bits per heavy atom. The topological polar surface area (TPSA) is 12.5 Å². The lowest BCUT2D eigenvalue weighted by molar-refractivity contribution is 0.0290. The van der Waals surface area contributed by atoms with E-state index in [-0.39, 0.29) is 0 Å². The molecule has 0 unspecified atom stereocenters. The van der Waals surface area contributed by atoms with Crippen molar-refractivity contribution in [1.82, 2.24) is 4.90 Å². The van der Waals surface area contributed by atoms with Gasteiger partial charge in [-0.1, -0.05) is 39.0 Å². The average Bonchev–Trinajstić information content (AvgIpc) is 2.61. The molecule has 0 bridgehead atoms.